The Labute approximate surface area is 901 Å². The molecule has 3 N–H and O–H groups in total. The predicted octanol–water partition coefficient (Wildman–Crippen LogP) is 37.5. The van der Waals surface area contributed by atoms with Crippen molar-refractivity contribution in [2.45, 2.75) is 693 Å². The van der Waals surface area contributed by atoms with E-state index in [0.717, 1.165) is 103 Å². The number of carbonyl (C=O) groups excluding carboxylic acids is 5. The zero-order valence-corrected chi connectivity index (χ0v) is 98.8. The molecule has 0 bridgehead atoms. The van der Waals surface area contributed by atoms with Gasteiger partial charge in [0.1, 0.15) is 31.0 Å². The molecule has 0 aliphatic carbocycles. The molecule has 0 aromatic heterocycles. The topological polar surface area (TPSA) is 220 Å². The minimum atomic E-state index is -1.92. The molecule has 2 heterocycles. The Morgan fingerprint density at radius 3 is 0.719 bits per heavy atom. The van der Waals surface area contributed by atoms with E-state index in [-0.39, 0.29) is 41.2 Å². The highest BCUT2D eigenvalue weighted by atomic mass is 16.8. The number of esters is 5. The number of aliphatic hydroxyl groups excluding tert-OH is 3. The summed E-state index contributed by atoms with van der Waals surface area (Å²) in [5.41, 5.74) is 1.18. The van der Waals surface area contributed by atoms with Crippen LogP contribution in [0.4, 0.5) is 0 Å². The summed E-state index contributed by atoms with van der Waals surface area (Å²) in [5, 5.41) is 37.5. The number of allylic oxidation sites excluding steroid dienone is 4. The van der Waals surface area contributed by atoms with Gasteiger partial charge in [-0.3, -0.25) is 4.79 Å². The molecule has 2 aliphatic rings. The van der Waals surface area contributed by atoms with Crippen molar-refractivity contribution in [2.75, 3.05) is 13.2 Å². The average molecular weight is 2060 g/mol. The maximum Gasteiger partial charge on any atom is 0.333 e. The number of aliphatic hydroxyl groups is 3. The molecule has 18 atom stereocenters. The molecule has 2 saturated heterocycles. The fourth-order valence-corrected chi connectivity index (χ4v) is 22.7. The summed E-state index contributed by atoms with van der Waals surface area (Å²) in [4.78, 5) is 74.1. The van der Waals surface area contributed by atoms with Crippen LogP contribution in [0.2, 0.25) is 0 Å². The molecule has 4 unspecified atom stereocenters. The second-order valence-corrected chi connectivity index (χ2v) is 47.5. The molecule has 856 valence electrons. The zero-order valence-electron chi connectivity index (χ0n) is 98.8. The Balaban J connectivity index is 2.70. The van der Waals surface area contributed by atoms with Gasteiger partial charge in [0.25, 0.3) is 0 Å². The lowest BCUT2D eigenvalue weighted by atomic mass is 9.91. The Morgan fingerprint density at radius 2 is 0.466 bits per heavy atom. The lowest BCUT2D eigenvalue weighted by molar-refractivity contribution is -0.377. The molecule has 0 aromatic carbocycles. The first-order valence-corrected chi connectivity index (χ1v) is 63.4. The van der Waals surface area contributed by atoms with Crippen LogP contribution < -0.4 is 0 Å². The van der Waals surface area contributed by atoms with Gasteiger partial charge in [0, 0.05) is 28.7 Å². The standard InChI is InChI=1S/C130H240O16/c1-18-23-28-33-38-43-48-53-57-58-63-67-72-74-79-84-89-104(6)94-108(10)98-112(14)125(135)139-103-117-119(133)122(144-127(137)114(16)100-110(12)96-106(8)91-86-81-76-70-65-61-55-50-45-40-35-30-25-20-3)124(142-118(132)93-88-83-78-73-68-59-52-47-42-37-32-27-22-5)130(141-117)146-129-123(145-128(138)115(17)101-111(13)97-107(9)92-87-82-77-71-66-62-56-51-46-41-36-31-26-21-4)120(134)121(116(102-131)140-129)143-126(136)113(15)99-109(11)95-105(7)90-85-80-75-69-64-60-54-49-44-39-34-29-24-19-2/h98-101,104-111,116-117,119-124,129-131,133-134H,18-97,102-103H2,1-17H3/b112-98+,113-99+,114-100+,115-101+/t104-,105-,106-,107-,108-,109-,110-,111-,116?,117?,119+,120?,121+,122?,123-,124+,129+,130+/m0/s1. The first kappa shape index (κ1) is 138. The zero-order chi connectivity index (χ0) is 107. The van der Waals surface area contributed by atoms with Crippen LogP contribution in [0.3, 0.4) is 0 Å². The summed E-state index contributed by atoms with van der Waals surface area (Å²) in [5.74, 6) is -2.17. The maximum absolute atomic E-state index is 15.1. The Kier molecular flexibility index (Phi) is 89.5. The van der Waals surface area contributed by atoms with Gasteiger partial charge in [-0.1, -0.05) is 589 Å². The molecule has 0 spiro atoms. The molecular formula is C130H240O16. The quantitative estimate of drug-likeness (QED) is 0.0223. The fourth-order valence-electron chi connectivity index (χ4n) is 22.7. The summed E-state index contributed by atoms with van der Waals surface area (Å²) in [6, 6.07) is 0. The first-order chi connectivity index (χ1) is 70.7. The van der Waals surface area contributed by atoms with Crippen molar-refractivity contribution in [3.63, 3.8) is 0 Å². The molecule has 0 amide bonds. The van der Waals surface area contributed by atoms with Gasteiger partial charge >= 0.3 is 29.8 Å². The summed E-state index contributed by atoms with van der Waals surface area (Å²) >= 11 is 0. The van der Waals surface area contributed by atoms with Gasteiger partial charge in [0.05, 0.1) is 6.61 Å². The SMILES string of the molecule is CCCCCCCCCCCCCCCCCC[C@H](C)C[C@H](C)/C=C(\C)C(=O)OCC1O[C@H](O[C@H]2OC(CO)[C@@H](OC(=O)/C(C)=C/[C@@H](C)C[C@@H](C)CCCCCCCCCCCCCCCC)C(O)[C@@H]2OC(=O)/C(C)=C/[C@@H](C)C[C@@H](C)CCCCCCCCCCCCCCCC)[C@H](OC(=O)CCCCCCCCCCCCCCC)C(OC(=O)/C(C)=C/[C@@H](C)C[C@@H](C)CCCCCCCCCCCCCCCC)[C@@H]1O. The highest BCUT2D eigenvalue weighted by Crippen LogP contribution is 2.37. The van der Waals surface area contributed by atoms with Crippen LogP contribution in [0.5, 0.6) is 0 Å². The van der Waals surface area contributed by atoms with Crippen molar-refractivity contribution < 1.29 is 77.2 Å². The van der Waals surface area contributed by atoms with Crippen LogP contribution in [0.25, 0.3) is 0 Å². The van der Waals surface area contributed by atoms with Gasteiger partial charge in [-0.2, -0.15) is 0 Å². The summed E-state index contributed by atoms with van der Waals surface area (Å²) in [7, 11) is 0. The maximum atomic E-state index is 15.1. The lowest BCUT2D eigenvalue weighted by Gasteiger charge is -2.47. The van der Waals surface area contributed by atoms with E-state index < -0.39 is 104 Å². The van der Waals surface area contributed by atoms with Gasteiger partial charge in [0.2, 0.25) is 12.6 Å². The molecule has 16 nitrogen and oxygen atoms in total. The molecule has 16 heteroatoms. The van der Waals surface area contributed by atoms with Crippen LogP contribution in [0.1, 0.15) is 631 Å². The van der Waals surface area contributed by atoms with Gasteiger partial charge in [-0.05, 0) is 107 Å². The second-order valence-electron chi connectivity index (χ2n) is 47.5. The van der Waals surface area contributed by atoms with Crippen molar-refractivity contribution in [1.29, 1.82) is 0 Å². The number of ether oxygens (including phenoxy) is 8. The molecule has 2 fully saturated rings. The van der Waals surface area contributed by atoms with E-state index in [4.69, 9.17) is 37.9 Å². The third-order valence-corrected chi connectivity index (χ3v) is 31.8. The number of carbonyl (C=O) groups is 5. The van der Waals surface area contributed by atoms with E-state index in [1.54, 1.807) is 27.7 Å². The molecule has 2 rings (SSSR count). The van der Waals surface area contributed by atoms with Crippen molar-refractivity contribution >= 4 is 29.8 Å². The van der Waals surface area contributed by atoms with Crippen LogP contribution >= 0.6 is 0 Å². The van der Waals surface area contributed by atoms with Crippen LogP contribution in [-0.2, 0) is 61.9 Å². The molecular weight excluding hydrogens is 1820 g/mol. The van der Waals surface area contributed by atoms with Crippen molar-refractivity contribution in [1.82, 2.24) is 0 Å². The number of hydrogen-bond acceptors (Lipinski definition) is 16. The van der Waals surface area contributed by atoms with Gasteiger partial charge in [-0.15, -0.1) is 0 Å². The normalized spacial score (nSPS) is 20.3. The van der Waals surface area contributed by atoms with Crippen LogP contribution in [0.15, 0.2) is 46.6 Å². The highest BCUT2D eigenvalue weighted by molar-refractivity contribution is 5.89. The average Bonchev–Trinajstić information content (AvgIpc) is 0.768. The van der Waals surface area contributed by atoms with Crippen molar-refractivity contribution in [2.24, 2.45) is 47.3 Å². The molecule has 0 aromatic rings. The third-order valence-electron chi connectivity index (χ3n) is 31.8. The van der Waals surface area contributed by atoms with Gasteiger partial charge in [0.15, 0.2) is 24.4 Å². The summed E-state index contributed by atoms with van der Waals surface area (Å²) < 4.78 is 52.2. The van der Waals surface area contributed by atoms with Crippen LogP contribution in [0, 0.1) is 47.3 Å². The monoisotopic (exact) mass is 2060 g/mol. The van der Waals surface area contributed by atoms with Crippen molar-refractivity contribution in [3.05, 3.63) is 46.6 Å². The first-order valence-electron chi connectivity index (χ1n) is 63.4. The predicted molar refractivity (Wildman–Crippen MR) is 614 cm³/mol. The molecule has 0 saturated carbocycles. The third kappa shape index (κ3) is 73.4. The molecule has 146 heavy (non-hydrogen) atoms. The van der Waals surface area contributed by atoms with E-state index >= 15 is 9.59 Å². The minimum Gasteiger partial charge on any atom is -0.459 e. The molecule has 0 radical (unpaired) electrons. The number of hydrogen-bond donors (Lipinski definition) is 3. The Hall–Kier alpha value is -3.93. The number of rotatable bonds is 101. The van der Waals surface area contributed by atoms with E-state index in [0.29, 0.717) is 41.2 Å². The highest BCUT2D eigenvalue weighted by Gasteiger charge is 2.56. The van der Waals surface area contributed by atoms with E-state index in [1.807, 2.05) is 24.3 Å². The Morgan fingerprint density at radius 1 is 0.253 bits per heavy atom. The second kappa shape index (κ2) is 94.6. The van der Waals surface area contributed by atoms with E-state index in [1.165, 1.54) is 398 Å². The van der Waals surface area contributed by atoms with E-state index in [2.05, 4.69) is 90.0 Å². The van der Waals surface area contributed by atoms with Gasteiger partial charge < -0.3 is 53.2 Å². The van der Waals surface area contributed by atoms with E-state index in [9.17, 15) is 29.7 Å². The smallest absolute Gasteiger partial charge is 0.333 e. The minimum absolute atomic E-state index is 0.00103. The Bertz CT molecular complexity index is 3200. The number of unbranched alkanes of at least 4 members (excludes halogenated alkanes) is 66. The van der Waals surface area contributed by atoms with Crippen LogP contribution in [-0.4, -0.2) is 120 Å². The van der Waals surface area contributed by atoms with Crippen molar-refractivity contribution in [3.8, 4) is 0 Å². The largest absolute Gasteiger partial charge is 0.459 e. The summed E-state index contributed by atoms with van der Waals surface area (Å²) in [6.45, 7) is 34.1. The molecule has 2 aliphatic heterocycles. The van der Waals surface area contributed by atoms with Gasteiger partial charge in [-0.25, -0.2) is 19.2 Å². The summed E-state index contributed by atoms with van der Waals surface area (Å²) in [6.07, 6.45) is 88.1. The fraction of sp³-hybridized carbons (Fsp3) is 0.900. The lowest BCUT2D eigenvalue weighted by Crippen LogP contribution is -2.66.